The monoisotopic (exact) mass is 254 g/mol. The van der Waals surface area contributed by atoms with Gasteiger partial charge in [0.2, 0.25) is 0 Å². The van der Waals surface area contributed by atoms with Crippen LogP contribution in [0.3, 0.4) is 0 Å². The van der Waals surface area contributed by atoms with Crippen LogP contribution in [0.4, 0.5) is 0 Å². The van der Waals surface area contributed by atoms with E-state index in [0.29, 0.717) is 6.04 Å². The summed E-state index contributed by atoms with van der Waals surface area (Å²) in [4.78, 5) is 0. The summed E-state index contributed by atoms with van der Waals surface area (Å²) in [5.41, 5.74) is 3.67. The fourth-order valence-electron chi connectivity index (χ4n) is 3.01. The Morgan fingerprint density at radius 2 is 1.94 bits per heavy atom. The zero-order valence-electron chi connectivity index (χ0n) is 11.2. The number of hydrogen-bond donors (Lipinski definition) is 0. The van der Waals surface area contributed by atoms with E-state index in [1.54, 1.807) is 0 Å². The highest BCUT2D eigenvalue weighted by atomic mass is 35.5. The smallest absolute Gasteiger partial charge is 0.0643 e. The van der Waals surface area contributed by atoms with Gasteiger partial charge in [-0.1, -0.05) is 26.2 Å². The fraction of sp³-hybridized carbons (Fsp3) is 0.786. The van der Waals surface area contributed by atoms with Crippen molar-refractivity contribution in [1.82, 2.24) is 9.78 Å². The van der Waals surface area contributed by atoms with Crippen LogP contribution in [0, 0.1) is 13.8 Å². The zero-order valence-corrected chi connectivity index (χ0v) is 11.9. The number of aryl methyl sites for hydroxylation is 1. The van der Waals surface area contributed by atoms with Crippen LogP contribution in [-0.4, -0.2) is 9.78 Å². The van der Waals surface area contributed by atoms with Gasteiger partial charge in [0.15, 0.2) is 0 Å². The highest BCUT2D eigenvalue weighted by molar-refractivity contribution is 6.20. The molecule has 2 rings (SSSR count). The number of rotatable bonds is 3. The summed E-state index contributed by atoms with van der Waals surface area (Å²) >= 11 is 6.40. The van der Waals surface area contributed by atoms with Gasteiger partial charge in [0.25, 0.3) is 0 Å². The molecule has 1 aromatic heterocycles. The summed E-state index contributed by atoms with van der Waals surface area (Å²) in [6, 6.07) is 0.608. The maximum atomic E-state index is 6.40. The van der Waals surface area contributed by atoms with E-state index in [1.165, 1.54) is 43.4 Å². The van der Waals surface area contributed by atoms with Gasteiger partial charge in [-0.05, 0) is 33.1 Å². The summed E-state index contributed by atoms with van der Waals surface area (Å²) in [7, 11) is 0. The van der Waals surface area contributed by atoms with Crippen LogP contribution in [0.1, 0.15) is 73.8 Å². The van der Waals surface area contributed by atoms with E-state index in [-0.39, 0.29) is 5.38 Å². The Morgan fingerprint density at radius 3 is 2.53 bits per heavy atom. The molecule has 96 valence electrons. The topological polar surface area (TPSA) is 17.8 Å². The predicted molar refractivity (Wildman–Crippen MR) is 72.7 cm³/mol. The van der Waals surface area contributed by atoms with Crippen molar-refractivity contribution in [3.05, 3.63) is 17.0 Å². The molecule has 0 aromatic carbocycles. The second-order valence-corrected chi connectivity index (χ2v) is 5.72. The molecule has 0 radical (unpaired) electrons. The third-order valence-corrected chi connectivity index (χ3v) is 4.50. The van der Waals surface area contributed by atoms with Crippen molar-refractivity contribution in [2.45, 2.75) is 70.7 Å². The van der Waals surface area contributed by atoms with Gasteiger partial charge in [-0.25, -0.2) is 0 Å². The third-order valence-electron chi connectivity index (χ3n) is 3.97. The van der Waals surface area contributed by atoms with E-state index in [2.05, 4.69) is 25.5 Å². The highest BCUT2D eigenvalue weighted by Gasteiger charge is 2.23. The van der Waals surface area contributed by atoms with Crippen LogP contribution in [0.2, 0.25) is 0 Å². The first-order valence-corrected chi connectivity index (χ1v) is 7.28. The minimum atomic E-state index is 0.118. The Hall–Kier alpha value is -0.500. The van der Waals surface area contributed by atoms with Crippen LogP contribution in [0.15, 0.2) is 0 Å². The number of hydrogen-bond acceptors (Lipinski definition) is 1. The molecule has 0 amide bonds. The average Bonchev–Trinajstić information content (AvgIpc) is 2.65. The second kappa shape index (κ2) is 5.43. The molecule has 1 unspecified atom stereocenters. The van der Waals surface area contributed by atoms with Crippen LogP contribution < -0.4 is 0 Å². The molecule has 3 heteroatoms. The van der Waals surface area contributed by atoms with Crippen LogP contribution in [-0.2, 0) is 0 Å². The van der Waals surface area contributed by atoms with Crippen molar-refractivity contribution in [3.8, 4) is 0 Å². The zero-order chi connectivity index (χ0) is 12.4. The SMILES string of the molecule is CCC(Cl)c1c(C)nn(C2CCCCC2)c1C. The number of alkyl halides is 1. The normalized spacial score (nSPS) is 19.5. The van der Waals surface area contributed by atoms with E-state index in [0.717, 1.165) is 12.1 Å². The van der Waals surface area contributed by atoms with Gasteiger partial charge in [-0.3, -0.25) is 4.68 Å². The fourth-order valence-corrected chi connectivity index (χ4v) is 3.33. The Balaban J connectivity index is 2.29. The standard InChI is InChI=1S/C14H23ClN2/c1-4-13(15)14-10(2)16-17(11(14)3)12-8-6-5-7-9-12/h12-13H,4-9H2,1-3H3. The summed E-state index contributed by atoms with van der Waals surface area (Å²) in [6.45, 7) is 6.40. The lowest BCUT2D eigenvalue weighted by molar-refractivity contribution is 0.323. The number of halogens is 1. The van der Waals surface area contributed by atoms with Crippen LogP contribution in [0.5, 0.6) is 0 Å². The molecule has 1 aliphatic carbocycles. The Bertz CT molecular complexity index is 378. The second-order valence-electron chi connectivity index (χ2n) is 5.20. The van der Waals surface area contributed by atoms with E-state index in [1.807, 2.05) is 0 Å². The first kappa shape index (κ1) is 12.9. The largest absolute Gasteiger partial charge is 0.266 e. The molecule has 1 fully saturated rings. The molecule has 0 aliphatic heterocycles. The molecule has 1 heterocycles. The number of nitrogens with zero attached hydrogens (tertiary/aromatic N) is 2. The maximum absolute atomic E-state index is 6.40. The Morgan fingerprint density at radius 1 is 1.29 bits per heavy atom. The Labute approximate surface area is 109 Å². The molecular formula is C14H23ClN2. The molecule has 0 bridgehead atoms. The molecule has 2 nitrogen and oxygen atoms in total. The highest BCUT2D eigenvalue weighted by Crippen LogP contribution is 2.34. The van der Waals surface area contributed by atoms with Gasteiger partial charge >= 0.3 is 0 Å². The van der Waals surface area contributed by atoms with E-state index in [9.17, 15) is 0 Å². The molecule has 1 aromatic rings. The van der Waals surface area contributed by atoms with Crippen molar-refractivity contribution in [3.63, 3.8) is 0 Å². The van der Waals surface area contributed by atoms with Crippen molar-refractivity contribution >= 4 is 11.6 Å². The van der Waals surface area contributed by atoms with E-state index in [4.69, 9.17) is 16.7 Å². The summed E-state index contributed by atoms with van der Waals surface area (Å²) in [6.07, 6.45) is 7.60. The number of aromatic nitrogens is 2. The maximum Gasteiger partial charge on any atom is 0.0643 e. The molecule has 1 aliphatic rings. The van der Waals surface area contributed by atoms with Gasteiger partial charge in [0.05, 0.1) is 17.1 Å². The van der Waals surface area contributed by atoms with Gasteiger partial charge in [0, 0.05) is 11.3 Å². The average molecular weight is 255 g/mol. The summed E-state index contributed by atoms with van der Waals surface area (Å²) in [5, 5.41) is 4.85. The van der Waals surface area contributed by atoms with E-state index < -0.39 is 0 Å². The lowest BCUT2D eigenvalue weighted by Gasteiger charge is -2.23. The minimum Gasteiger partial charge on any atom is -0.266 e. The molecule has 1 saturated carbocycles. The molecule has 1 atom stereocenters. The predicted octanol–water partition coefficient (Wildman–Crippen LogP) is 4.70. The first-order valence-electron chi connectivity index (χ1n) is 6.84. The van der Waals surface area contributed by atoms with Gasteiger partial charge in [-0.15, -0.1) is 11.6 Å². The first-order chi connectivity index (χ1) is 8.15. The van der Waals surface area contributed by atoms with Crippen molar-refractivity contribution in [2.24, 2.45) is 0 Å². The van der Waals surface area contributed by atoms with Gasteiger partial charge in [-0.2, -0.15) is 5.10 Å². The molecule has 0 saturated heterocycles. The van der Waals surface area contributed by atoms with Crippen molar-refractivity contribution < 1.29 is 0 Å². The van der Waals surface area contributed by atoms with Gasteiger partial charge in [0.1, 0.15) is 0 Å². The summed E-state index contributed by atoms with van der Waals surface area (Å²) < 4.78 is 2.24. The molecule has 17 heavy (non-hydrogen) atoms. The molecular weight excluding hydrogens is 232 g/mol. The van der Waals surface area contributed by atoms with Crippen molar-refractivity contribution in [2.75, 3.05) is 0 Å². The lowest BCUT2D eigenvalue weighted by Crippen LogP contribution is -2.15. The van der Waals surface area contributed by atoms with Crippen LogP contribution in [0.25, 0.3) is 0 Å². The van der Waals surface area contributed by atoms with E-state index >= 15 is 0 Å². The lowest BCUT2D eigenvalue weighted by atomic mass is 9.95. The van der Waals surface area contributed by atoms with Crippen molar-refractivity contribution in [1.29, 1.82) is 0 Å². The Kier molecular flexibility index (Phi) is 4.13. The molecule has 0 spiro atoms. The third kappa shape index (κ3) is 2.52. The van der Waals surface area contributed by atoms with Crippen LogP contribution >= 0.6 is 11.6 Å². The van der Waals surface area contributed by atoms with Gasteiger partial charge < -0.3 is 0 Å². The summed E-state index contributed by atoms with van der Waals surface area (Å²) in [5.74, 6) is 0. The minimum absolute atomic E-state index is 0.118. The molecule has 0 N–H and O–H groups in total. The quantitative estimate of drug-likeness (QED) is 0.716.